The number of benzene rings is 1. The maximum absolute atomic E-state index is 9.15. The van der Waals surface area contributed by atoms with Crippen LogP contribution in [0, 0.1) is 11.3 Å². The largest absolute Gasteiger partial charge is 0.497 e. The molecular formula is C15H21N3O. The summed E-state index contributed by atoms with van der Waals surface area (Å²) in [6, 6.07) is 7.72. The van der Waals surface area contributed by atoms with E-state index >= 15 is 0 Å². The lowest BCUT2D eigenvalue weighted by Crippen LogP contribution is -2.54. The van der Waals surface area contributed by atoms with E-state index in [1.54, 1.807) is 13.2 Å². The van der Waals surface area contributed by atoms with Crippen molar-refractivity contribution in [3.8, 4) is 11.8 Å². The van der Waals surface area contributed by atoms with Crippen LogP contribution in [-0.4, -0.2) is 38.2 Å². The lowest BCUT2D eigenvalue weighted by atomic mass is 9.75. The second-order valence-electron chi connectivity index (χ2n) is 5.35. The minimum Gasteiger partial charge on any atom is -0.497 e. The molecule has 0 amide bonds. The highest BCUT2D eigenvalue weighted by atomic mass is 16.5. The van der Waals surface area contributed by atoms with Crippen molar-refractivity contribution >= 4 is 5.69 Å². The Morgan fingerprint density at radius 1 is 1.42 bits per heavy atom. The summed E-state index contributed by atoms with van der Waals surface area (Å²) in [6.07, 6.45) is 3.70. The van der Waals surface area contributed by atoms with Crippen LogP contribution < -0.4 is 10.1 Å². The monoisotopic (exact) mass is 259 g/mol. The van der Waals surface area contributed by atoms with E-state index < -0.39 is 0 Å². The summed E-state index contributed by atoms with van der Waals surface area (Å²) in [5.74, 6) is 0.772. The summed E-state index contributed by atoms with van der Waals surface area (Å²) >= 11 is 0. The highest BCUT2D eigenvalue weighted by Gasteiger charge is 2.38. The quantitative estimate of drug-likeness (QED) is 0.882. The zero-order valence-electron chi connectivity index (χ0n) is 11.9. The van der Waals surface area contributed by atoms with E-state index in [1.807, 2.05) is 12.1 Å². The van der Waals surface area contributed by atoms with E-state index in [4.69, 9.17) is 10.00 Å². The Morgan fingerprint density at radius 2 is 2.16 bits per heavy atom. The summed E-state index contributed by atoms with van der Waals surface area (Å²) in [7, 11) is 5.88. The zero-order valence-corrected chi connectivity index (χ0v) is 11.9. The van der Waals surface area contributed by atoms with E-state index in [1.165, 1.54) is 19.3 Å². The summed E-state index contributed by atoms with van der Waals surface area (Å²) < 4.78 is 5.21. The number of nitrogens with one attached hydrogen (secondary N) is 1. The van der Waals surface area contributed by atoms with Crippen LogP contribution >= 0.6 is 0 Å². The number of anilines is 1. The SMILES string of the molecule is COc1ccc(C#N)c(NCC2(N(C)C)CCC2)c1. The number of methoxy groups -OCH3 is 1. The van der Waals surface area contributed by atoms with Gasteiger partial charge in [0.1, 0.15) is 11.8 Å². The molecule has 0 bridgehead atoms. The summed E-state index contributed by atoms with van der Waals surface area (Å²) in [5.41, 5.74) is 1.75. The van der Waals surface area contributed by atoms with Crippen molar-refractivity contribution in [3.05, 3.63) is 23.8 Å². The van der Waals surface area contributed by atoms with Crippen molar-refractivity contribution in [2.24, 2.45) is 0 Å². The fourth-order valence-corrected chi connectivity index (χ4v) is 2.52. The van der Waals surface area contributed by atoms with Crippen LogP contribution in [-0.2, 0) is 0 Å². The first-order chi connectivity index (χ1) is 9.11. The van der Waals surface area contributed by atoms with Crippen molar-refractivity contribution in [2.45, 2.75) is 24.8 Å². The molecule has 19 heavy (non-hydrogen) atoms. The molecule has 0 unspecified atom stereocenters. The van der Waals surface area contributed by atoms with Gasteiger partial charge in [0.2, 0.25) is 0 Å². The maximum Gasteiger partial charge on any atom is 0.121 e. The van der Waals surface area contributed by atoms with Gasteiger partial charge in [0, 0.05) is 18.2 Å². The third-order valence-electron chi connectivity index (χ3n) is 4.19. The topological polar surface area (TPSA) is 48.3 Å². The van der Waals surface area contributed by atoms with Crippen molar-refractivity contribution < 1.29 is 4.74 Å². The number of likely N-dealkylation sites (N-methyl/N-ethyl adjacent to an activating group) is 1. The molecule has 0 saturated heterocycles. The molecule has 0 aliphatic heterocycles. The Morgan fingerprint density at radius 3 is 2.63 bits per heavy atom. The van der Waals surface area contributed by atoms with E-state index in [9.17, 15) is 0 Å². The molecule has 0 spiro atoms. The molecule has 1 fully saturated rings. The fraction of sp³-hybridized carbons (Fsp3) is 0.533. The van der Waals surface area contributed by atoms with Gasteiger partial charge in [-0.05, 0) is 45.5 Å². The second-order valence-corrected chi connectivity index (χ2v) is 5.35. The van der Waals surface area contributed by atoms with Crippen molar-refractivity contribution in [3.63, 3.8) is 0 Å². The van der Waals surface area contributed by atoms with Crippen LogP contribution in [0.3, 0.4) is 0 Å². The molecule has 0 atom stereocenters. The van der Waals surface area contributed by atoms with Crippen molar-refractivity contribution in [1.29, 1.82) is 5.26 Å². The molecule has 4 heteroatoms. The normalized spacial score (nSPS) is 16.6. The molecule has 0 radical (unpaired) electrons. The number of hydrogen-bond donors (Lipinski definition) is 1. The maximum atomic E-state index is 9.15. The first kappa shape index (κ1) is 13.7. The first-order valence-electron chi connectivity index (χ1n) is 6.61. The van der Waals surface area contributed by atoms with Crippen molar-refractivity contribution in [1.82, 2.24) is 4.90 Å². The van der Waals surface area contributed by atoms with Gasteiger partial charge in [-0.2, -0.15) is 5.26 Å². The van der Waals surface area contributed by atoms with Gasteiger partial charge in [0.25, 0.3) is 0 Å². The van der Waals surface area contributed by atoms with Gasteiger partial charge in [-0.1, -0.05) is 0 Å². The molecule has 1 aromatic carbocycles. The third-order valence-corrected chi connectivity index (χ3v) is 4.19. The van der Waals surface area contributed by atoms with Crippen LogP contribution in [0.15, 0.2) is 18.2 Å². The molecule has 0 heterocycles. The van der Waals surface area contributed by atoms with Gasteiger partial charge in [0.05, 0.1) is 18.4 Å². The summed E-state index contributed by atoms with van der Waals surface area (Å²) in [5, 5.41) is 12.6. The van der Waals surface area contributed by atoms with Gasteiger partial charge in [-0.3, -0.25) is 0 Å². The molecule has 1 N–H and O–H groups in total. The fourth-order valence-electron chi connectivity index (χ4n) is 2.52. The molecule has 1 saturated carbocycles. The average molecular weight is 259 g/mol. The summed E-state index contributed by atoms with van der Waals surface area (Å²) in [4.78, 5) is 2.29. The Bertz CT molecular complexity index is 487. The lowest BCUT2D eigenvalue weighted by Gasteiger charge is -2.47. The Hall–Kier alpha value is -1.73. The predicted molar refractivity (Wildman–Crippen MR) is 76.5 cm³/mol. The molecule has 0 aromatic heterocycles. The molecule has 1 aliphatic carbocycles. The minimum atomic E-state index is 0.232. The number of hydrogen-bond acceptors (Lipinski definition) is 4. The van der Waals surface area contributed by atoms with Crippen LogP contribution in [0.25, 0.3) is 0 Å². The minimum absolute atomic E-state index is 0.232. The number of nitrogens with zero attached hydrogens (tertiary/aromatic N) is 2. The van der Waals surface area contributed by atoms with Crippen LogP contribution in [0.4, 0.5) is 5.69 Å². The second kappa shape index (κ2) is 5.50. The van der Waals surface area contributed by atoms with E-state index in [0.29, 0.717) is 5.56 Å². The first-order valence-corrected chi connectivity index (χ1v) is 6.61. The zero-order chi connectivity index (χ0) is 13.9. The Labute approximate surface area is 115 Å². The van der Waals surface area contributed by atoms with Crippen LogP contribution in [0.2, 0.25) is 0 Å². The van der Waals surface area contributed by atoms with Crippen molar-refractivity contribution in [2.75, 3.05) is 33.1 Å². The smallest absolute Gasteiger partial charge is 0.121 e. The van der Waals surface area contributed by atoms with Gasteiger partial charge in [-0.15, -0.1) is 0 Å². The molecular weight excluding hydrogens is 238 g/mol. The molecule has 1 aliphatic rings. The molecule has 1 aromatic rings. The number of rotatable bonds is 5. The highest BCUT2D eigenvalue weighted by Crippen LogP contribution is 2.36. The van der Waals surface area contributed by atoms with E-state index in [-0.39, 0.29) is 5.54 Å². The van der Waals surface area contributed by atoms with Crippen LogP contribution in [0.1, 0.15) is 24.8 Å². The lowest BCUT2D eigenvalue weighted by molar-refractivity contribution is 0.0739. The summed E-state index contributed by atoms with van der Waals surface area (Å²) in [6.45, 7) is 0.863. The van der Waals surface area contributed by atoms with E-state index in [2.05, 4.69) is 30.4 Å². The third kappa shape index (κ3) is 2.66. The average Bonchev–Trinajstić information content (AvgIpc) is 2.36. The predicted octanol–water partition coefficient (Wildman–Crippen LogP) is 2.46. The number of ether oxygens (including phenoxy) is 1. The molecule has 2 rings (SSSR count). The Balaban J connectivity index is 2.12. The van der Waals surface area contributed by atoms with Gasteiger partial charge < -0.3 is 15.0 Å². The molecule has 102 valence electrons. The Kier molecular flexibility index (Phi) is 3.96. The molecule has 4 nitrogen and oxygen atoms in total. The number of nitriles is 1. The standard InChI is InChI=1S/C15H21N3O/c1-18(2)15(7-4-8-15)11-17-14-9-13(19-3)6-5-12(14)10-16/h5-6,9,17H,4,7-8,11H2,1-3H3. The van der Waals surface area contributed by atoms with Gasteiger partial charge in [-0.25, -0.2) is 0 Å². The van der Waals surface area contributed by atoms with Gasteiger partial charge in [0.15, 0.2) is 0 Å². The highest BCUT2D eigenvalue weighted by molar-refractivity contribution is 5.60. The van der Waals surface area contributed by atoms with E-state index in [0.717, 1.165) is 18.0 Å². The van der Waals surface area contributed by atoms with Gasteiger partial charge >= 0.3 is 0 Å². The van der Waals surface area contributed by atoms with Crippen LogP contribution in [0.5, 0.6) is 5.75 Å².